The molecule has 1 aliphatic rings. The number of carbonyl (C=O) groups excluding carboxylic acids is 2. The van der Waals surface area contributed by atoms with Gasteiger partial charge in [-0.2, -0.15) is 0 Å². The van der Waals surface area contributed by atoms with Crippen molar-refractivity contribution in [3.8, 4) is 0 Å². The van der Waals surface area contributed by atoms with Crippen LogP contribution in [0.1, 0.15) is 51.1 Å². The molecule has 1 saturated heterocycles. The summed E-state index contributed by atoms with van der Waals surface area (Å²) >= 11 is 6.34. The van der Waals surface area contributed by atoms with E-state index in [9.17, 15) is 9.59 Å². The Morgan fingerprint density at radius 1 is 1.19 bits per heavy atom. The molecule has 0 radical (unpaired) electrons. The highest BCUT2D eigenvalue weighted by Gasteiger charge is 2.29. The van der Waals surface area contributed by atoms with Gasteiger partial charge in [-0.15, -0.1) is 0 Å². The van der Waals surface area contributed by atoms with Crippen LogP contribution in [-0.4, -0.2) is 54.3 Å². The molecule has 1 aromatic carbocycles. The molecule has 144 valence electrons. The fraction of sp³-hybridized carbons (Fsp3) is 0.600. The zero-order valence-corrected chi connectivity index (χ0v) is 16.6. The van der Waals surface area contributed by atoms with Gasteiger partial charge in [-0.3, -0.25) is 9.59 Å². The molecule has 6 heteroatoms. The average Bonchev–Trinajstić information content (AvgIpc) is 2.66. The van der Waals surface area contributed by atoms with Crippen LogP contribution < -0.4 is 5.32 Å². The molecule has 1 fully saturated rings. The van der Waals surface area contributed by atoms with Crippen molar-refractivity contribution >= 4 is 23.4 Å². The number of nitrogens with zero attached hydrogens (tertiary/aromatic N) is 2. The van der Waals surface area contributed by atoms with Gasteiger partial charge >= 0.3 is 0 Å². The first-order valence-corrected chi connectivity index (χ1v) is 9.98. The standard InChI is InChI=1S/C20H30ClN3O2/c1-3-12-23(13-4-2)19(25)9-10-20(26)24-14-11-22-15-18(24)16-7-5-6-8-17(16)21/h5-8,18,22H,3-4,9-15H2,1-2H3. The smallest absolute Gasteiger partial charge is 0.223 e. The number of nitrogens with one attached hydrogen (secondary N) is 1. The number of rotatable bonds is 8. The Kier molecular flexibility index (Phi) is 8.39. The van der Waals surface area contributed by atoms with Gasteiger partial charge in [0.05, 0.1) is 6.04 Å². The number of carbonyl (C=O) groups is 2. The second kappa shape index (κ2) is 10.5. The van der Waals surface area contributed by atoms with Crippen molar-refractivity contribution < 1.29 is 9.59 Å². The third kappa shape index (κ3) is 5.45. The van der Waals surface area contributed by atoms with E-state index < -0.39 is 0 Å². The molecule has 5 nitrogen and oxygen atoms in total. The quantitative estimate of drug-likeness (QED) is 0.754. The Bertz CT molecular complexity index is 602. The van der Waals surface area contributed by atoms with E-state index in [0.717, 1.165) is 38.0 Å². The van der Waals surface area contributed by atoms with Crippen LogP contribution in [-0.2, 0) is 9.59 Å². The van der Waals surface area contributed by atoms with Crippen molar-refractivity contribution in [1.82, 2.24) is 15.1 Å². The van der Waals surface area contributed by atoms with E-state index in [2.05, 4.69) is 19.2 Å². The third-order valence-electron chi connectivity index (χ3n) is 4.72. The predicted octanol–water partition coefficient (Wildman–Crippen LogP) is 3.24. The largest absolute Gasteiger partial charge is 0.343 e. The molecule has 1 N–H and O–H groups in total. The summed E-state index contributed by atoms with van der Waals surface area (Å²) in [5.41, 5.74) is 0.958. The average molecular weight is 380 g/mol. The van der Waals surface area contributed by atoms with Crippen LogP contribution in [0.2, 0.25) is 5.02 Å². The van der Waals surface area contributed by atoms with Gasteiger partial charge in [-0.05, 0) is 24.5 Å². The Morgan fingerprint density at radius 2 is 1.88 bits per heavy atom. The van der Waals surface area contributed by atoms with E-state index in [4.69, 9.17) is 11.6 Å². The van der Waals surface area contributed by atoms with Crippen LogP contribution in [0, 0.1) is 0 Å². The summed E-state index contributed by atoms with van der Waals surface area (Å²) in [6.07, 6.45) is 2.40. The minimum absolute atomic E-state index is 0.0257. The molecular weight excluding hydrogens is 350 g/mol. The molecule has 1 aromatic rings. The molecule has 0 aromatic heterocycles. The first-order chi connectivity index (χ1) is 12.6. The van der Waals surface area contributed by atoms with Gasteiger partial charge in [0.25, 0.3) is 0 Å². The monoisotopic (exact) mass is 379 g/mol. The lowest BCUT2D eigenvalue weighted by Gasteiger charge is -2.37. The van der Waals surface area contributed by atoms with E-state index in [-0.39, 0.29) is 30.7 Å². The molecule has 0 bridgehead atoms. The molecular formula is C20H30ClN3O2. The number of hydrogen-bond acceptors (Lipinski definition) is 3. The van der Waals surface area contributed by atoms with Gasteiger partial charge in [0.15, 0.2) is 0 Å². The maximum Gasteiger partial charge on any atom is 0.223 e. The van der Waals surface area contributed by atoms with Crippen LogP contribution in [0.25, 0.3) is 0 Å². The zero-order valence-electron chi connectivity index (χ0n) is 15.8. The number of hydrogen-bond donors (Lipinski definition) is 1. The Balaban J connectivity index is 2.00. The molecule has 0 aliphatic carbocycles. The minimum Gasteiger partial charge on any atom is -0.343 e. The molecule has 2 amide bonds. The number of amides is 2. The molecule has 1 atom stereocenters. The lowest BCUT2D eigenvalue weighted by molar-refractivity contribution is -0.139. The van der Waals surface area contributed by atoms with Crippen molar-refractivity contribution in [2.45, 2.75) is 45.6 Å². The summed E-state index contributed by atoms with van der Waals surface area (Å²) in [5.74, 6) is 0.101. The van der Waals surface area contributed by atoms with Crippen LogP contribution >= 0.6 is 11.6 Å². The topological polar surface area (TPSA) is 52.7 Å². The summed E-state index contributed by atoms with van der Waals surface area (Å²) in [6.45, 7) is 7.73. The van der Waals surface area contributed by atoms with Crippen molar-refractivity contribution in [3.63, 3.8) is 0 Å². The summed E-state index contributed by atoms with van der Waals surface area (Å²) in [7, 11) is 0. The number of halogens is 1. The highest BCUT2D eigenvalue weighted by Crippen LogP contribution is 2.29. The van der Waals surface area contributed by atoms with Gasteiger partial charge in [0, 0.05) is 50.6 Å². The molecule has 0 spiro atoms. The number of benzene rings is 1. The van der Waals surface area contributed by atoms with Crippen molar-refractivity contribution in [3.05, 3.63) is 34.9 Å². The van der Waals surface area contributed by atoms with E-state index >= 15 is 0 Å². The highest BCUT2D eigenvalue weighted by atomic mass is 35.5. The fourth-order valence-electron chi connectivity index (χ4n) is 3.44. The van der Waals surface area contributed by atoms with Gasteiger partial charge in [-0.25, -0.2) is 0 Å². The van der Waals surface area contributed by atoms with Crippen molar-refractivity contribution in [2.24, 2.45) is 0 Å². The summed E-state index contributed by atoms with van der Waals surface area (Å²) < 4.78 is 0. The van der Waals surface area contributed by atoms with E-state index in [1.807, 2.05) is 34.1 Å². The molecule has 2 rings (SSSR count). The SMILES string of the molecule is CCCN(CCC)C(=O)CCC(=O)N1CCNCC1c1ccccc1Cl. The molecule has 1 heterocycles. The van der Waals surface area contributed by atoms with E-state index in [1.165, 1.54) is 0 Å². The lowest BCUT2D eigenvalue weighted by atomic mass is 10.0. The van der Waals surface area contributed by atoms with Crippen LogP contribution in [0.5, 0.6) is 0 Å². The van der Waals surface area contributed by atoms with Crippen LogP contribution in [0.4, 0.5) is 0 Å². The normalized spacial score (nSPS) is 17.2. The van der Waals surface area contributed by atoms with E-state index in [0.29, 0.717) is 18.1 Å². The highest BCUT2D eigenvalue weighted by molar-refractivity contribution is 6.31. The Morgan fingerprint density at radius 3 is 2.54 bits per heavy atom. The van der Waals surface area contributed by atoms with Crippen molar-refractivity contribution in [1.29, 1.82) is 0 Å². The third-order valence-corrected chi connectivity index (χ3v) is 5.06. The second-order valence-electron chi connectivity index (χ2n) is 6.71. The van der Waals surface area contributed by atoms with Gasteiger partial charge in [0.2, 0.25) is 11.8 Å². The summed E-state index contributed by atoms with van der Waals surface area (Å²) in [4.78, 5) is 29.0. The second-order valence-corrected chi connectivity index (χ2v) is 7.12. The molecule has 1 unspecified atom stereocenters. The van der Waals surface area contributed by atoms with Gasteiger partial charge in [0.1, 0.15) is 0 Å². The van der Waals surface area contributed by atoms with Crippen molar-refractivity contribution in [2.75, 3.05) is 32.7 Å². The maximum absolute atomic E-state index is 12.8. The Labute approximate surface area is 161 Å². The zero-order chi connectivity index (χ0) is 18.9. The Hall–Kier alpha value is -1.59. The lowest BCUT2D eigenvalue weighted by Crippen LogP contribution is -2.49. The maximum atomic E-state index is 12.8. The minimum atomic E-state index is -0.0811. The summed E-state index contributed by atoms with van der Waals surface area (Å²) in [6, 6.07) is 7.57. The van der Waals surface area contributed by atoms with Crippen LogP contribution in [0.3, 0.4) is 0 Å². The first kappa shape index (κ1) is 20.7. The number of piperazine rings is 1. The first-order valence-electron chi connectivity index (χ1n) is 9.60. The summed E-state index contributed by atoms with van der Waals surface area (Å²) in [5, 5.41) is 4.01. The molecule has 26 heavy (non-hydrogen) atoms. The molecule has 1 aliphatic heterocycles. The molecule has 0 saturated carbocycles. The fourth-order valence-corrected chi connectivity index (χ4v) is 3.70. The van der Waals surface area contributed by atoms with Gasteiger partial charge < -0.3 is 15.1 Å². The van der Waals surface area contributed by atoms with Gasteiger partial charge in [-0.1, -0.05) is 43.6 Å². The van der Waals surface area contributed by atoms with E-state index in [1.54, 1.807) is 0 Å². The van der Waals surface area contributed by atoms with Crippen LogP contribution in [0.15, 0.2) is 24.3 Å². The predicted molar refractivity (Wildman–Crippen MR) is 105 cm³/mol.